The highest BCUT2D eigenvalue weighted by Gasteiger charge is 2.21. The quantitative estimate of drug-likeness (QED) is 0.717. The third-order valence-electron chi connectivity index (χ3n) is 3.79. The monoisotopic (exact) mass is 330 g/mol. The van der Waals surface area contributed by atoms with Crippen LogP contribution in [0, 0.1) is 18.5 Å². The Hall–Kier alpha value is -1.62. The zero-order valence-corrected chi connectivity index (χ0v) is 16.2. The molecule has 0 spiro atoms. The lowest BCUT2D eigenvalue weighted by Gasteiger charge is -2.21. The van der Waals surface area contributed by atoms with Gasteiger partial charge in [0.05, 0.1) is 11.4 Å². The second-order valence-electron chi connectivity index (χ2n) is 8.17. The van der Waals surface area contributed by atoms with Gasteiger partial charge >= 0.3 is 0 Å². The molecule has 2 heterocycles. The summed E-state index contributed by atoms with van der Waals surface area (Å²) >= 11 is 5.56. The smallest absolute Gasteiger partial charge is 0.180 e. The molecule has 0 aromatic carbocycles. The summed E-state index contributed by atoms with van der Waals surface area (Å²) in [5.74, 6) is 0.706. The largest absolute Gasteiger partial charge is 0.202 e. The predicted molar refractivity (Wildman–Crippen MR) is 96.9 cm³/mol. The van der Waals surface area contributed by atoms with Crippen LogP contribution < -0.4 is 0 Å². The Kier molecular flexibility index (Phi) is 4.46. The Morgan fingerprint density at radius 1 is 0.826 bits per heavy atom. The molecule has 0 aliphatic rings. The number of hydrogen-bond acceptors (Lipinski definition) is 4. The topological polar surface area (TPSA) is 43.6 Å². The van der Waals surface area contributed by atoms with Crippen LogP contribution in [0.5, 0.6) is 0 Å². The molecule has 0 amide bonds. The zero-order chi connectivity index (χ0) is 17.6. The average Bonchev–Trinajstić information content (AvgIpc) is 2.39. The van der Waals surface area contributed by atoms with Crippen LogP contribution in [0.1, 0.15) is 64.1 Å². The average molecular weight is 331 g/mol. The molecule has 0 unspecified atom stereocenters. The predicted octanol–water partition coefficient (Wildman–Crippen LogP) is 4.60. The number of rotatable bonds is 1. The summed E-state index contributed by atoms with van der Waals surface area (Å²) in [6, 6.07) is 4.13. The molecule has 5 heteroatoms. The van der Waals surface area contributed by atoms with Crippen molar-refractivity contribution < 1.29 is 0 Å². The molecule has 0 atom stereocenters. The van der Waals surface area contributed by atoms with E-state index in [-0.39, 0.29) is 10.8 Å². The van der Waals surface area contributed by atoms with Crippen LogP contribution in [0.25, 0.3) is 5.82 Å². The Labute approximate surface area is 144 Å². The van der Waals surface area contributed by atoms with E-state index < -0.39 is 0 Å². The Bertz CT molecular complexity index is 792. The second-order valence-corrected chi connectivity index (χ2v) is 8.55. The molecule has 2 aromatic heterocycles. The molecule has 124 valence electrons. The van der Waals surface area contributed by atoms with Crippen molar-refractivity contribution in [3.8, 4) is 5.82 Å². The maximum Gasteiger partial charge on any atom is 0.180 e. The summed E-state index contributed by atoms with van der Waals surface area (Å²) in [7, 11) is 0. The Morgan fingerprint density at radius 3 is 1.83 bits per heavy atom. The van der Waals surface area contributed by atoms with E-state index in [1.165, 1.54) is 0 Å². The molecule has 0 N–H and O–H groups in total. The number of nitrogens with zero attached hydrogens (tertiary/aromatic N) is 4. The SMILES string of the molecule is Cc1cc(C(C)(C)C)nnc1-n1nc(C(C)(C)C)cc(C)c1=S. The van der Waals surface area contributed by atoms with E-state index in [1.54, 1.807) is 4.68 Å². The van der Waals surface area contributed by atoms with Gasteiger partial charge in [0.15, 0.2) is 5.82 Å². The molecule has 0 bridgehead atoms. The molecule has 23 heavy (non-hydrogen) atoms. The van der Waals surface area contributed by atoms with Crippen molar-refractivity contribution in [3.05, 3.63) is 39.3 Å². The molecule has 0 saturated carbocycles. The summed E-state index contributed by atoms with van der Waals surface area (Å²) < 4.78 is 2.43. The highest BCUT2D eigenvalue weighted by Crippen LogP contribution is 2.24. The lowest BCUT2D eigenvalue weighted by atomic mass is 9.91. The van der Waals surface area contributed by atoms with Crippen LogP contribution in [-0.4, -0.2) is 20.0 Å². The maximum absolute atomic E-state index is 5.56. The van der Waals surface area contributed by atoms with Gasteiger partial charge in [0, 0.05) is 10.8 Å². The fourth-order valence-corrected chi connectivity index (χ4v) is 2.37. The number of aromatic nitrogens is 4. The molecular weight excluding hydrogens is 304 g/mol. The lowest BCUT2D eigenvalue weighted by Crippen LogP contribution is -2.21. The lowest BCUT2D eigenvalue weighted by molar-refractivity contribution is 0.537. The summed E-state index contributed by atoms with van der Waals surface area (Å²) in [5, 5.41) is 13.6. The van der Waals surface area contributed by atoms with Gasteiger partial charge in [0.2, 0.25) is 0 Å². The van der Waals surface area contributed by atoms with E-state index >= 15 is 0 Å². The van der Waals surface area contributed by atoms with Gasteiger partial charge in [0.25, 0.3) is 0 Å². The third kappa shape index (κ3) is 3.66. The first-order valence-corrected chi connectivity index (χ1v) is 8.29. The minimum atomic E-state index is -0.0533. The summed E-state index contributed by atoms with van der Waals surface area (Å²) in [4.78, 5) is 0. The van der Waals surface area contributed by atoms with Gasteiger partial charge in [-0.05, 0) is 37.1 Å². The van der Waals surface area contributed by atoms with Crippen LogP contribution in [-0.2, 0) is 10.8 Å². The molecule has 0 aliphatic heterocycles. The second kappa shape index (κ2) is 5.78. The normalized spacial score (nSPS) is 12.5. The van der Waals surface area contributed by atoms with Crippen LogP contribution >= 0.6 is 12.2 Å². The molecule has 2 aromatic rings. The third-order valence-corrected chi connectivity index (χ3v) is 4.28. The number of aryl methyl sites for hydroxylation is 2. The van der Waals surface area contributed by atoms with E-state index in [9.17, 15) is 0 Å². The van der Waals surface area contributed by atoms with Gasteiger partial charge in [-0.1, -0.05) is 53.8 Å². The molecular formula is C18H26N4S. The van der Waals surface area contributed by atoms with Gasteiger partial charge in [-0.3, -0.25) is 0 Å². The van der Waals surface area contributed by atoms with Gasteiger partial charge in [-0.2, -0.15) is 10.2 Å². The molecule has 0 radical (unpaired) electrons. The first-order valence-electron chi connectivity index (χ1n) is 7.88. The van der Waals surface area contributed by atoms with E-state index in [2.05, 4.69) is 63.9 Å². The zero-order valence-electron chi connectivity index (χ0n) is 15.4. The van der Waals surface area contributed by atoms with Gasteiger partial charge in [-0.15, -0.1) is 5.10 Å². The Balaban J connectivity index is 2.68. The first kappa shape index (κ1) is 17.7. The van der Waals surface area contributed by atoms with Gasteiger partial charge in [0.1, 0.15) is 4.64 Å². The van der Waals surface area contributed by atoms with Crippen LogP contribution in [0.3, 0.4) is 0 Å². The number of hydrogen-bond donors (Lipinski definition) is 0. The highest BCUT2D eigenvalue weighted by molar-refractivity contribution is 7.71. The molecule has 0 aliphatic carbocycles. The van der Waals surface area contributed by atoms with Gasteiger partial charge in [-0.25, -0.2) is 4.68 Å². The van der Waals surface area contributed by atoms with Crippen molar-refractivity contribution >= 4 is 12.2 Å². The van der Waals surface area contributed by atoms with Crippen LogP contribution in [0.2, 0.25) is 0 Å². The fourth-order valence-electron chi connectivity index (χ4n) is 2.18. The van der Waals surface area contributed by atoms with Crippen molar-refractivity contribution in [2.45, 2.75) is 66.2 Å². The maximum atomic E-state index is 5.56. The molecule has 2 rings (SSSR count). The molecule has 0 saturated heterocycles. The minimum absolute atomic E-state index is 0.0334. The standard InChI is InChI=1S/C18H26N4S/c1-11-9-13(17(3,4)5)19-20-15(11)22-16(23)12(2)10-14(21-22)18(6,7)8/h9-10H,1-8H3. The highest BCUT2D eigenvalue weighted by atomic mass is 32.1. The molecule has 4 nitrogen and oxygen atoms in total. The summed E-state index contributed by atoms with van der Waals surface area (Å²) in [5.41, 5.74) is 3.93. The van der Waals surface area contributed by atoms with Crippen molar-refractivity contribution in [1.82, 2.24) is 20.0 Å². The van der Waals surface area contributed by atoms with Crippen molar-refractivity contribution in [2.24, 2.45) is 0 Å². The van der Waals surface area contributed by atoms with Gasteiger partial charge < -0.3 is 0 Å². The van der Waals surface area contributed by atoms with Crippen LogP contribution in [0.15, 0.2) is 12.1 Å². The van der Waals surface area contributed by atoms with E-state index in [0.29, 0.717) is 10.5 Å². The minimum Gasteiger partial charge on any atom is -0.202 e. The van der Waals surface area contributed by atoms with E-state index in [0.717, 1.165) is 22.5 Å². The summed E-state index contributed by atoms with van der Waals surface area (Å²) in [6.07, 6.45) is 0. The van der Waals surface area contributed by atoms with Crippen LogP contribution in [0.4, 0.5) is 0 Å². The first-order chi connectivity index (χ1) is 10.4. The van der Waals surface area contributed by atoms with E-state index in [4.69, 9.17) is 17.3 Å². The van der Waals surface area contributed by atoms with E-state index in [1.807, 2.05) is 13.8 Å². The fraction of sp³-hybridized carbons (Fsp3) is 0.556. The molecule has 0 fully saturated rings. The van der Waals surface area contributed by atoms with Crippen molar-refractivity contribution in [1.29, 1.82) is 0 Å². The summed E-state index contributed by atoms with van der Waals surface area (Å²) in [6.45, 7) is 16.9. The Morgan fingerprint density at radius 2 is 1.35 bits per heavy atom. The van der Waals surface area contributed by atoms with Crippen molar-refractivity contribution in [3.63, 3.8) is 0 Å². The van der Waals surface area contributed by atoms with Crippen molar-refractivity contribution in [2.75, 3.05) is 0 Å².